The number of nitrogens with one attached hydrogen (secondary N) is 2. The average Bonchev–Trinajstić information content (AvgIpc) is 2.72. The molecule has 0 saturated carbocycles. The molecule has 0 aliphatic heterocycles. The fraction of sp³-hybridized carbons (Fsp3) is 0.174. The number of benzene rings is 3. The van der Waals surface area contributed by atoms with Crippen LogP contribution in [-0.4, -0.2) is 19.6 Å². The molecule has 0 atom stereocenters. The quantitative estimate of drug-likeness (QED) is 0.530. The number of amides is 1. The van der Waals surface area contributed by atoms with E-state index in [1.165, 1.54) is 0 Å². The van der Waals surface area contributed by atoms with E-state index >= 15 is 0 Å². The van der Waals surface area contributed by atoms with Crippen LogP contribution >= 0.6 is 11.6 Å². The van der Waals surface area contributed by atoms with Crippen LogP contribution in [0.2, 0.25) is 5.02 Å². The maximum absolute atomic E-state index is 12.2. The van der Waals surface area contributed by atoms with E-state index < -0.39 is 0 Å². The van der Waals surface area contributed by atoms with Crippen molar-refractivity contribution in [1.29, 1.82) is 0 Å². The molecule has 0 aliphatic carbocycles. The van der Waals surface area contributed by atoms with Gasteiger partial charge >= 0.3 is 0 Å². The maximum atomic E-state index is 12.2. The van der Waals surface area contributed by atoms with Crippen molar-refractivity contribution >= 4 is 28.9 Å². The smallest absolute Gasteiger partial charge is 0.262 e. The van der Waals surface area contributed by atoms with E-state index in [4.69, 9.17) is 21.1 Å². The zero-order chi connectivity index (χ0) is 20.6. The van der Waals surface area contributed by atoms with Gasteiger partial charge < -0.3 is 20.1 Å². The van der Waals surface area contributed by atoms with Crippen LogP contribution in [0.1, 0.15) is 11.1 Å². The third kappa shape index (κ3) is 6.16. The number of aryl methyl sites for hydroxylation is 1. The lowest BCUT2D eigenvalue weighted by molar-refractivity contribution is -0.118. The minimum atomic E-state index is -0.230. The minimum absolute atomic E-state index is 0.104. The first-order valence-corrected chi connectivity index (χ1v) is 9.57. The molecule has 0 aliphatic rings. The summed E-state index contributed by atoms with van der Waals surface area (Å²) in [7, 11) is 1.57. The van der Waals surface area contributed by atoms with Gasteiger partial charge in [-0.05, 0) is 66.6 Å². The topological polar surface area (TPSA) is 59.6 Å². The van der Waals surface area contributed by atoms with Gasteiger partial charge in [-0.3, -0.25) is 4.79 Å². The molecule has 5 nitrogen and oxygen atoms in total. The van der Waals surface area contributed by atoms with Crippen LogP contribution in [0.4, 0.5) is 11.4 Å². The van der Waals surface area contributed by atoms with Gasteiger partial charge in [-0.2, -0.15) is 0 Å². The van der Waals surface area contributed by atoms with Crippen molar-refractivity contribution in [2.45, 2.75) is 13.5 Å². The van der Waals surface area contributed by atoms with E-state index in [0.29, 0.717) is 23.1 Å². The normalized spacial score (nSPS) is 10.3. The van der Waals surface area contributed by atoms with Crippen LogP contribution < -0.4 is 20.1 Å². The van der Waals surface area contributed by atoms with Crippen molar-refractivity contribution in [1.82, 2.24) is 0 Å². The fourth-order valence-corrected chi connectivity index (χ4v) is 2.90. The van der Waals surface area contributed by atoms with E-state index in [2.05, 4.69) is 10.6 Å². The molecule has 0 heterocycles. The molecule has 3 rings (SSSR count). The Morgan fingerprint density at radius 3 is 2.48 bits per heavy atom. The second-order valence-electron chi connectivity index (χ2n) is 6.55. The first kappa shape index (κ1) is 20.6. The third-order valence-electron chi connectivity index (χ3n) is 4.23. The Hall–Kier alpha value is -3.18. The second kappa shape index (κ2) is 9.85. The summed E-state index contributed by atoms with van der Waals surface area (Å²) in [4.78, 5) is 12.2. The highest BCUT2D eigenvalue weighted by Crippen LogP contribution is 2.28. The molecular weight excluding hydrogens is 388 g/mol. The van der Waals surface area contributed by atoms with Gasteiger partial charge in [0, 0.05) is 22.9 Å². The van der Waals surface area contributed by atoms with Crippen LogP contribution in [0.25, 0.3) is 0 Å². The van der Waals surface area contributed by atoms with Gasteiger partial charge in [0.15, 0.2) is 18.1 Å². The molecule has 0 bridgehead atoms. The SMILES string of the molecule is COc1cc(CNc2ccc(Cl)cc2)ccc1OCC(=O)Nc1cccc(C)c1. The second-order valence-corrected chi connectivity index (χ2v) is 6.99. The van der Waals surface area contributed by atoms with Crippen LogP contribution in [0.5, 0.6) is 11.5 Å². The van der Waals surface area contributed by atoms with Gasteiger partial charge in [-0.1, -0.05) is 29.8 Å². The Kier molecular flexibility index (Phi) is 6.98. The average molecular weight is 411 g/mol. The van der Waals surface area contributed by atoms with Crippen molar-refractivity contribution < 1.29 is 14.3 Å². The van der Waals surface area contributed by atoms with E-state index in [-0.39, 0.29) is 12.5 Å². The molecule has 3 aromatic rings. The largest absolute Gasteiger partial charge is 0.493 e. The van der Waals surface area contributed by atoms with Crippen molar-refractivity contribution in [3.8, 4) is 11.5 Å². The number of halogens is 1. The highest BCUT2D eigenvalue weighted by molar-refractivity contribution is 6.30. The summed E-state index contributed by atoms with van der Waals surface area (Å²) in [5.41, 5.74) is 3.82. The van der Waals surface area contributed by atoms with Crippen molar-refractivity contribution in [2.75, 3.05) is 24.4 Å². The van der Waals surface area contributed by atoms with Gasteiger partial charge in [-0.15, -0.1) is 0 Å². The number of methoxy groups -OCH3 is 1. The van der Waals surface area contributed by atoms with Crippen LogP contribution in [0.3, 0.4) is 0 Å². The van der Waals surface area contributed by atoms with Gasteiger partial charge in [-0.25, -0.2) is 0 Å². The predicted molar refractivity (Wildman–Crippen MR) is 117 cm³/mol. The Bertz CT molecular complexity index is 974. The molecular formula is C23H23ClN2O3. The molecule has 6 heteroatoms. The number of carbonyl (C=O) groups is 1. The highest BCUT2D eigenvalue weighted by Gasteiger charge is 2.09. The van der Waals surface area contributed by atoms with Crippen LogP contribution in [-0.2, 0) is 11.3 Å². The Morgan fingerprint density at radius 2 is 1.76 bits per heavy atom. The highest BCUT2D eigenvalue weighted by atomic mass is 35.5. The molecule has 0 saturated heterocycles. The zero-order valence-electron chi connectivity index (χ0n) is 16.4. The zero-order valence-corrected chi connectivity index (χ0v) is 17.1. The minimum Gasteiger partial charge on any atom is -0.493 e. The van der Waals surface area contributed by atoms with Crippen LogP contribution in [0, 0.1) is 6.92 Å². The summed E-state index contributed by atoms with van der Waals surface area (Å²) in [6.45, 7) is 2.49. The van der Waals surface area contributed by atoms with Crippen molar-refractivity contribution in [3.05, 3.63) is 82.9 Å². The number of hydrogen-bond acceptors (Lipinski definition) is 4. The number of hydrogen-bond donors (Lipinski definition) is 2. The first-order valence-electron chi connectivity index (χ1n) is 9.19. The Balaban J connectivity index is 1.56. The van der Waals surface area contributed by atoms with Gasteiger partial charge in [0.05, 0.1) is 7.11 Å². The van der Waals surface area contributed by atoms with Gasteiger partial charge in [0.25, 0.3) is 5.91 Å². The predicted octanol–water partition coefficient (Wildman–Crippen LogP) is 5.29. The Labute approximate surface area is 175 Å². The number of rotatable bonds is 8. The summed E-state index contributed by atoms with van der Waals surface area (Å²) < 4.78 is 11.1. The molecule has 0 fully saturated rings. The summed E-state index contributed by atoms with van der Waals surface area (Å²) in [5, 5.41) is 6.84. The Morgan fingerprint density at radius 1 is 0.966 bits per heavy atom. The molecule has 0 unspecified atom stereocenters. The van der Waals surface area contributed by atoms with Crippen LogP contribution in [0.15, 0.2) is 66.7 Å². The molecule has 150 valence electrons. The van der Waals surface area contributed by atoms with Crippen molar-refractivity contribution in [2.24, 2.45) is 0 Å². The molecule has 1 amide bonds. The first-order chi connectivity index (χ1) is 14.0. The molecule has 29 heavy (non-hydrogen) atoms. The lowest BCUT2D eigenvalue weighted by atomic mass is 10.2. The lowest BCUT2D eigenvalue weighted by Crippen LogP contribution is -2.20. The number of anilines is 2. The third-order valence-corrected chi connectivity index (χ3v) is 4.48. The van der Waals surface area contributed by atoms with Gasteiger partial charge in [0.1, 0.15) is 0 Å². The maximum Gasteiger partial charge on any atom is 0.262 e. The lowest BCUT2D eigenvalue weighted by Gasteiger charge is -2.13. The molecule has 2 N–H and O–H groups in total. The molecule has 0 spiro atoms. The molecule has 0 radical (unpaired) electrons. The number of carbonyl (C=O) groups excluding carboxylic acids is 1. The van der Waals surface area contributed by atoms with E-state index in [1.807, 2.05) is 67.6 Å². The molecule has 0 aromatic heterocycles. The van der Waals surface area contributed by atoms with E-state index in [9.17, 15) is 4.79 Å². The van der Waals surface area contributed by atoms with E-state index in [1.54, 1.807) is 13.2 Å². The number of ether oxygens (including phenoxy) is 2. The summed E-state index contributed by atoms with van der Waals surface area (Å²) in [6, 6.07) is 20.7. The fourth-order valence-electron chi connectivity index (χ4n) is 2.78. The summed E-state index contributed by atoms with van der Waals surface area (Å²) >= 11 is 5.90. The molecule has 3 aromatic carbocycles. The van der Waals surface area contributed by atoms with Gasteiger partial charge in [0.2, 0.25) is 0 Å². The monoisotopic (exact) mass is 410 g/mol. The summed E-state index contributed by atoms with van der Waals surface area (Å²) in [5.74, 6) is 0.858. The standard InChI is InChI=1S/C23H23ClN2O3/c1-16-4-3-5-20(12-16)26-23(27)15-29-21-11-6-17(13-22(21)28-2)14-25-19-9-7-18(24)8-10-19/h3-13,25H,14-15H2,1-2H3,(H,26,27). The van der Waals surface area contributed by atoms with E-state index in [0.717, 1.165) is 22.5 Å². The summed E-state index contributed by atoms with van der Waals surface area (Å²) in [6.07, 6.45) is 0. The van der Waals surface area contributed by atoms with Crippen molar-refractivity contribution in [3.63, 3.8) is 0 Å².